The number of benzene rings is 1. The molecule has 18 heavy (non-hydrogen) atoms. The third-order valence-corrected chi connectivity index (χ3v) is 3.43. The summed E-state index contributed by atoms with van der Waals surface area (Å²) in [7, 11) is 0. The van der Waals surface area contributed by atoms with E-state index in [1.165, 1.54) is 0 Å². The highest BCUT2D eigenvalue weighted by Crippen LogP contribution is 2.27. The highest BCUT2D eigenvalue weighted by molar-refractivity contribution is 5.93. The molecule has 2 unspecified atom stereocenters. The van der Waals surface area contributed by atoms with Crippen LogP contribution in [0.5, 0.6) is 0 Å². The maximum atomic E-state index is 11.1. The molecule has 2 rings (SSSR count). The average molecular weight is 243 g/mol. The number of nitrogens with one attached hydrogen (secondary N) is 1. The Balaban J connectivity index is 2.10. The van der Waals surface area contributed by atoms with E-state index in [1.807, 2.05) is 6.07 Å². The smallest absolute Gasteiger partial charge is 0.248 e. The Morgan fingerprint density at radius 2 is 2.17 bits per heavy atom. The maximum Gasteiger partial charge on any atom is 0.248 e. The van der Waals surface area contributed by atoms with Gasteiger partial charge in [-0.1, -0.05) is 18.9 Å². The molecule has 0 bridgehead atoms. The second-order valence-corrected chi connectivity index (χ2v) is 4.72. The number of hydrogen-bond donors (Lipinski definition) is 2. The van der Waals surface area contributed by atoms with Crippen LogP contribution in [0.3, 0.4) is 0 Å². The number of carbonyl (C=O) groups excluding carboxylic acids is 1. The van der Waals surface area contributed by atoms with Crippen LogP contribution in [0.25, 0.3) is 0 Å². The molecular formula is C14H17N3O. The Morgan fingerprint density at radius 3 is 2.89 bits per heavy atom. The van der Waals surface area contributed by atoms with Gasteiger partial charge in [0.05, 0.1) is 12.0 Å². The highest BCUT2D eigenvalue weighted by Gasteiger charge is 2.24. The van der Waals surface area contributed by atoms with Crippen molar-refractivity contribution in [1.29, 1.82) is 5.26 Å². The first-order chi connectivity index (χ1) is 8.70. The summed E-state index contributed by atoms with van der Waals surface area (Å²) in [5.41, 5.74) is 6.60. The number of carbonyl (C=O) groups is 1. The lowest BCUT2D eigenvalue weighted by Crippen LogP contribution is -2.31. The molecule has 4 nitrogen and oxygen atoms in total. The molecule has 1 fully saturated rings. The van der Waals surface area contributed by atoms with Gasteiger partial charge < -0.3 is 11.1 Å². The second kappa shape index (κ2) is 5.54. The van der Waals surface area contributed by atoms with Crippen molar-refractivity contribution in [3.8, 4) is 6.07 Å². The fourth-order valence-corrected chi connectivity index (χ4v) is 2.43. The van der Waals surface area contributed by atoms with Crippen LogP contribution in [0.15, 0.2) is 24.3 Å². The molecule has 2 atom stereocenters. The van der Waals surface area contributed by atoms with Crippen molar-refractivity contribution in [2.75, 3.05) is 5.32 Å². The molecule has 1 aliphatic rings. The van der Waals surface area contributed by atoms with Gasteiger partial charge in [0.1, 0.15) is 0 Å². The number of anilines is 1. The number of hydrogen-bond acceptors (Lipinski definition) is 3. The van der Waals surface area contributed by atoms with Gasteiger partial charge in [0, 0.05) is 17.3 Å². The molecule has 1 saturated carbocycles. The lowest BCUT2D eigenvalue weighted by molar-refractivity contribution is 0.100. The van der Waals surface area contributed by atoms with Crippen molar-refractivity contribution in [2.24, 2.45) is 11.7 Å². The van der Waals surface area contributed by atoms with Crippen LogP contribution in [0, 0.1) is 17.2 Å². The molecule has 1 aromatic rings. The van der Waals surface area contributed by atoms with Gasteiger partial charge in [-0.15, -0.1) is 0 Å². The van der Waals surface area contributed by atoms with Gasteiger partial charge in [0.15, 0.2) is 0 Å². The van der Waals surface area contributed by atoms with Crippen molar-refractivity contribution in [1.82, 2.24) is 0 Å². The van der Waals surface area contributed by atoms with Crippen LogP contribution in [0.4, 0.5) is 5.69 Å². The van der Waals surface area contributed by atoms with E-state index in [0.29, 0.717) is 5.56 Å². The lowest BCUT2D eigenvalue weighted by Gasteiger charge is -2.28. The third-order valence-electron chi connectivity index (χ3n) is 3.43. The van der Waals surface area contributed by atoms with Crippen LogP contribution in [0.2, 0.25) is 0 Å². The number of nitriles is 1. The van der Waals surface area contributed by atoms with Gasteiger partial charge in [-0.25, -0.2) is 0 Å². The van der Waals surface area contributed by atoms with Gasteiger partial charge in [-0.2, -0.15) is 5.26 Å². The number of nitrogens with zero attached hydrogens (tertiary/aromatic N) is 1. The van der Waals surface area contributed by atoms with E-state index in [1.54, 1.807) is 18.2 Å². The fraction of sp³-hybridized carbons (Fsp3) is 0.429. The first-order valence-corrected chi connectivity index (χ1v) is 6.26. The summed E-state index contributed by atoms with van der Waals surface area (Å²) in [6.07, 6.45) is 4.21. The van der Waals surface area contributed by atoms with Gasteiger partial charge in [-0.3, -0.25) is 4.79 Å². The number of nitrogens with two attached hydrogens (primary N) is 1. The topological polar surface area (TPSA) is 78.9 Å². The Labute approximate surface area is 107 Å². The molecule has 0 spiro atoms. The fourth-order valence-electron chi connectivity index (χ4n) is 2.43. The number of primary amides is 1. The summed E-state index contributed by atoms with van der Waals surface area (Å²) in [5.74, 6) is -0.380. The third kappa shape index (κ3) is 2.80. The Hall–Kier alpha value is -2.02. The molecule has 94 valence electrons. The number of rotatable bonds is 3. The molecule has 0 saturated heterocycles. The summed E-state index contributed by atoms with van der Waals surface area (Å²) >= 11 is 0. The molecule has 3 N–H and O–H groups in total. The summed E-state index contributed by atoms with van der Waals surface area (Å²) in [6.45, 7) is 0. The molecule has 0 radical (unpaired) electrons. The van der Waals surface area contributed by atoms with Crippen molar-refractivity contribution in [3.63, 3.8) is 0 Å². The Kier molecular flexibility index (Phi) is 3.83. The normalized spacial score (nSPS) is 23.1. The molecule has 1 aliphatic carbocycles. The summed E-state index contributed by atoms with van der Waals surface area (Å²) < 4.78 is 0. The van der Waals surface area contributed by atoms with Crippen LogP contribution < -0.4 is 11.1 Å². The predicted molar refractivity (Wildman–Crippen MR) is 69.9 cm³/mol. The minimum absolute atomic E-state index is 0.0518. The second-order valence-electron chi connectivity index (χ2n) is 4.72. The zero-order valence-electron chi connectivity index (χ0n) is 10.2. The van der Waals surface area contributed by atoms with Crippen molar-refractivity contribution < 1.29 is 4.79 Å². The first kappa shape index (κ1) is 12.4. The molecular weight excluding hydrogens is 226 g/mol. The maximum absolute atomic E-state index is 11.1. The molecule has 4 heteroatoms. The Bertz CT molecular complexity index is 478. The zero-order chi connectivity index (χ0) is 13.0. The SMILES string of the molecule is N#CC1CCCCC1Nc1cccc(C(N)=O)c1. The van der Waals surface area contributed by atoms with Crippen LogP contribution >= 0.6 is 0 Å². The van der Waals surface area contributed by atoms with E-state index >= 15 is 0 Å². The summed E-state index contributed by atoms with van der Waals surface area (Å²) in [5, 5.41) is 12.5. The van der Waals surface area contributed by atoms with Crippen molar-refractivity contribution >= 4 is 11.6 Å². The molecule has 0 aliphatic heterocycles. The molecule has 1 aromatic carbocycles. The lowest BCUT2D eigenvalue weighted by atomic mass is 9.85. The molecule has 0 heterocycles. The quantitative estimate of drug-likeness (QED) is 0.854. The summed E-state index contributed by atoms with van der Waals surface area (Å²) in [6, 6.07) is 9.66. The molecule has 1 amide bonds. The zero-order valence-corrected chi connectivity index (χ0v) is 10.2. The van der Waals surface area contributed by atoms with E-state index in [2.05, 4.69) is 11.4 Å². The van der Waals surface area contributed by atoms with Gasteiger partial charge in [-0.05, 0) is 31.0 Å². The first-order valence-electron chi connectivity index (χ1n) is 6.26. The van der Waals surface area contributed by atoms with Gasteiger partial charge in [0.2, 0.25) is 5.91 Å². The van der Waals surface area contributed by atoms with Crippen LogP contribution in [-0.4, -0.2) is 11.9 Å². The average Bonchev–Trinajstić information content (AvgIpc) is 2.39. The monoisotopic (exact) mass is 243 g/mol. The van der Waals surface area contributed by atoms with Gasteiger partial charge >= 0.3 is 0 Å². The molecule has 0 aromatic heterocycles. The Morgan fingerprint density at radius 1 is 1.39 bits per heavy atom. The van der Waals surface area contributed by atoms with Crippen molar-refractivity contribution in [2.45, 2.75) is 31.7 Å². The number of amides is 1. The predicted octanol–water partition coefficient (Wildman–Crippen LogP) is 2.28. The van der Waals surface area contributed by atoms with E-state index in [-0.39, 0.29) is 12.0 Å². The largest absolute Gasteiger partial charge is 0.381 e. The minimum Gasteiger partial charge on any atom is -0.381 e. The highest BCUT2D eigenvalue weighted by atomic mass is 16.1. The van der Waals surface area contributed by atoms with Crippen LogP contribution in [0.1, 0.15) is 36.0 Å². The summed E-state index contributed by atoms with van der Waals surface area (Å²) in [4.78, 5) is 11.1. The minimum atomic E-state index is -0.431. The van der Waals surface area contributed by atoms with E-state index in [9.17, 15) is 4.79 Å². The van der Waals surface area contributed by atoms with Crippen molar-refractivity contribution in [3.05, 3.63) is 29.8 Å². The standard InChI is InChI=1S/C14H17N3O/c15-9-11-4-1-2-7-13(11)17-12-6-3-5-10(8-12)14(16)18/h3,5-6,8,11,13,17H,1-2,4,7H2,(H2,16,18). The van der Waals surface area contributed by atoms with Crippen LogP contribution in [-0.2, 0) is 0 Å². The van der Waals surface area contributed by atoms with Gasteiger partial charge in [0.25, 0.3) is 0 Å². The van der Waals surface area contributed by atoms with E-state index in [0.717, 1.165) is 31.4 Å². The van der Waals surface area contributed by atoms with E-state index < -0.39 is 5.91 Å². The van der Waals surface area contributed by atoms with E-state index in [4.69, 9.17) is 11.0 Å².